The maximum atomic E-state index is 6.92. The van der Waals surface area contributed by atoms with Crippen molar-refractivity contribution in [3.63, 3.8) is 0 Å². The Balaban J connectivity index is 1.41. The molecule has 0 N–H and O–H groups in total. The average Bonchev–Trinajstić information content (AvgIpc) is 3.03. The minimum Gasteiger partial charge on any atom is -0.492 e. The van der Waals surface area contributed by atoms with Gasteiger partial charge in [-0.3, -0.25) is 4.99 Å². The van der Waals surface area contributed by atoms with E-state index in [0.29, 0.717) is 13.2 Å². The number of aliphatic imine (C=N–C) groups is 1. The lowest BCUT2D eigenvalue weighted by molar-refractivity contribution is 0.0750. The molecule has 0 saturated heterocycles. The van der Waals surface area contributed by atoms with Crippen LogP contribution >= 0.6 is 0 Å². The monoisotopic (exact) mass is 434 g/mol. The molecule has 1 spiro atoms. The lowest BCUT2D eigenvalue weighted by Crippen LogP contribution is -2.62. The number of anilines is 1. The molecule has 164 valence electrons. The quantitative estimate of drug-likeness (QED) is 0.367. The molecule has 0 aromatic heterocycles. The van der Waals surface area contributed by atoms with Crippen molar-refractivity contribution in [1.82, 2.24) is 0 Å². The van der Waals surface area contributed by atoms with E-state index in [1.807, 2.05) is 48.7 Å². The van der Waals surface area contributed by atoms with Crippen molar-refractivity contribution in [1.29, 1.82) is 0 Å². The molecule has 4 nitrogen and oxygen atoms in total. The third-order valence-electron chi connectivity index (χ3n) is 6.99. The highest BCUT2D eigenvalue weighted by Crippen LogP contribution is 2.54. The van der Waals surface area contributed by atoms with Gasteiger partial charge in [0.25, 0.3) is 0 Å². The maximum Gasteiger partial charge on any atom is 0.229 e. The minimum atomic E-state index is -0.744. The topological polar surface area (TPSA) is 34.1 Å². The van der Waals surface area contributed by atoms with Crippen LogP contribution < -0.4 is 14.4 Å². The second kappa shape index (κ2) is 7.38. The predicted molar refractivity (Wildman–Crippen MR) is 134 cm³/mol. The summed E-state index contributed by atoms with van der Waals surface area (Å²) in [5, 5.41) is 2.27. The fourth-order valence-corrected chi connectivity index (χ4v) is 5.22. The first-order chi connectivity index (χ1) is 16.1. The number of benzene rings is 4. The SMILES string of the molecule is CC1(C)c2ccccc2N(CCOc2ccccc2)C12C=Nc1c(ccc3ccccc13)O2. The molecule has 6 rings (SSSR count). The van der Waals surface area contributed by atoms with Crippen LogP contribution in [0, 0.1) is 0 Å². The van der Waals surface area contributed by atoms with Crippen molar-refractivity contribution in [2.24, 2.45) is 4.99 Å². The maximum absolute atomic E-state index is 6.92. The van der Waals surface area contributed by atoms with Gasteiger partial charge in [0.05, 0.1) is 18.2 Å². The van der Waals surface area contributed by atoms with Crippen molar-refractivity contribution in [3.05, 3.63) is 96.6 Å². The zero-order chi connectivity index (χ0) is 22.5. The molecule has 2 aliphatic rings. The molecule has 0 fully saturated rings. The number of nitrogens with zero attached hydrogens (tertiary/aromatic N) is 2. The van der Waals surface area contributed by atoms with E-state index in [2.05, 4.69) is 67.3 Å². The first-order valence-corrected chi connectivity index (χ1v) is 11.4. The fraction of sp³-hybridized carbons (Fsp3) is 0.207. The molecule has 2 heterocycles. The second-order valence-corrected chi connectivity index (χ2v) is 9.15. The summed E-state index contributed by atoms with van der Waals surface area (Å²) in [7, 11) is 0. The Bertz CT molecular complexity index is 1360. The number of rotatable bonds is 4. The van der Waals surface area contributed by atoms with E-state index >= 15 is 0 Å². The molecule has 1 atom stereocenters. The van der Waals surface area contributed by atoms with Crippen LogP contribution in [0.4, 0.5) is 11.4 Å². The number of fused-ring (bicyclic) bond motifs is 4. The third kappa shape index (κ3) is 2.94. The molecule has 0 bridgehead atoms. The highest BCUT2D eigenvalue weighted by atomic mass is 16.5. The van der Waals surface area contributed by atoms with Crippen LogP contribution in [-0.4, -0.2) is 25.1 Å². The Morgan fingerprint density at radius 3 is 2.48 bits per heavy atom. The predicted octanol–water partition coefficient (Wildman–Crippen LogP) is 6.51. The molecule has 1 unspecified atom stereocenters. The first-order valence-electron chi connectivity index (χ1n) is 11.4. The molecule has 0 amide bonds. The van der Waals surface area contributed by atoms with Crippen LogP contribution in [-0.2, 0) is 5.41 Å². The normalized spacial score (nSPS) is 19.9. The van der Waals surface area contributed by atoms with Crippen molar-refractivity contribution in [2.45, 2.75) is 25.0 Å². The van der Waals surface area contributed by atoms with E-state index in [-0.39, 0.29) is 5.41 Å². The molecule has 4 heteroatoms. The van der Waals surface area contributed by atoms with Gasteiger partial charge < -0.3 is 14.4 Å². The Morgan fingerprint density at radius 1 is 0.848 bits per heavy atom. The summed E-state index contributed by atoms with van der Waals surface area (Å²) < 4.78 is 13.0. The number of ether oxygens (including phenoxy) is 2. The fourth-order valence-electron chi connectivity index (χ4n) is 5.22. The van der Waals surface area contributed by atoms with E-state index in [4.69, 9.17) is 14.5 Å². The van der Waals surface area contributed by atoms with Gasteiger partial charge in [-0.2, -0.15) is 0 Å². The Hall–Kier alpha value is -3.79. The number of para-hydroxylation sites is 2. The molecule has 0 radical (unpaired) electrons. The zero-order valence-corrected chi connectivity index (χ0v) is 18.9. The van der Waals surface area contributed by atoms with Gasteiger partial charge in [-0.25, -0.2) is 0 Å². The summed E-state index contributed by atoms with van der Waals surface area (Å²) in [6, 6.07) is 31.0. The molecular formula is C29H26N2O2. The van der Waals surface area contributed by atoms with E-state index in [1.165, 1.54) is 5.56 Å². The van der Waals surface area contributed by atoms with Gasteiger partial charge in [-0.05, 0) is 49.1 Å². The minimum absolute atomic E-state index is 0.316. The Labute approximate surface area is 194 Å². The van der Waals surface area contributed by atoms with Gasteiger partial charge in [0.2, 0.25) is 5.72 Å². The van der Waals surface area contributed by atoms with Crippen LogP contribution in [0.3, 0.4) is 0 Å². The van der Waals surface area contributed by atoms with Gasteiger partial charge in [-0.15, -0.1) is 0 Å². The summed E-state index contributed by atoms with van der Waals surface area (Å²) in [6.45, 7) is 5.69. The molecule has 2 aliphatic heterocycles. The third-order valence-corrected chi connectivity index (χ3v) is 6.99. The van der Waals surface area contributed by atoms with Crippen molar-refractivity contribution >= 4 is 28.4 Å². The smallest absolute Gasteiger partial charge is 0.229 e. The molecular weight excluding hydrogens is 408 g/mol. The van der Waals surface area contributed by atoms with Crippen LogP contribution in [0.25, 0.3) is 10.8 Å². The summed E-state index contributed by atoms with van der Waals surface area (Å²) in [5.41, 5.74) is 2.25. The molecule has 4 aromatic rings. The summed E-state index contributed by atoms with van der Waals surface area (Å²) in [6.07, 6.45) is 2.00. The van der Waals surface area contributed by atoms with E-state index in [9.17, 15) is 0 Å². The highest BCUT2D eigenvalue weighted by Gasteiger charge is 2.59. The molecule has 33 heavy (non-hydrogen) atoms. The lowest BCUT2D eigenvalue weighted by Gasteiger charge is -2.46. The molecule has 0 aliphatic carbocycles. The Morgan fingerprint density at radius 2 is 1.61 bits per heavy atom. The number of hydrogen-bond acceptors (Lipinski definition) is 4. The molecule has 0 saturated carbocycles. The van der Waals surface area contributed by atoms with Crippen LogP contribution in [0.1, 0.15) is 19.4 Å². The Kier molecular flexibility index (Phi) is 4.44. The largest absolute Gasteiger partial charge is 0.492 e. The van der Waals surface area contributed by atoms with Gasteiger partial charge >= 0.3 is 0 Å². The first kappa shape index (κ1) is 19.9. The summed E-state index contributed by atoms with van der Waals surface area (Å²) in [5.74, 6) is 1.68. The molecule has 4 aromatic carbocycles. The van der Waals surface area contributed by atoms with E-state index < -0.39 is 5.72 Å². The van der Waals surface area contributed by atoms with Crippen LogP contribution in [0.2, 0.25) is 0 Å². The van der Waals surface area contributed by atoms with Gasteiger partial charge in [-0.1, -0.05) is 66.7 Å². The lowest BCUT2D eigenvalue weighted by atomic mass is 9.77. The van der Waals surface area contributed by atoms with Gasteiger partial charge in [0, 0.05) is 11.1 Å². The second-order valence-electron chi connectivity index (χ2n) is 9.15. The van der Waals surface area contributed by atoms with Crippen molar-refractivity contribution in [2.75, 3.05) is 18.1 Å². The standard InChI is InChI=1S/C29H26N2O2/c1-28(2)24-14-8-9-15-25(24)31(18-19-32-22-11-4-3-5-12-22)29(28)20-30-27-23-13-7-6-10-21(23)16-17-26(27)33-29/h3-17,20H,18-19H2,1-2H3. The average molecular weight is 435 g/mol. The number of hydrogen-bond donors (Lipinski definition) is 0. The van der Waals surface area contributed by atoms with E-state index in [0.717, 1.165) is 33.6 Å². The van der Waals surface area contributed by atoms with Gasteiger partial charge in [0.1, 0.15) is 23.8 Å². The van der Waals surface area contributed by atoms with Crippen LogP contribution in [0.15, 0.2) is 96.0 Å². The highest BCUT2D eigenvalue weighted by molar-refractivity contribution is 5.99. The zero-order valence-electron chi connectivity index (χ0n) is 18.9. The van der Waals surface area contributed by atoms with Gasteiger partial charge in [0.15, 0.2) is 0 Å². The summed E-state index contributed by atoms with van der Waals surface area (Å²) in [4.78, 5) is 7.33. The van der Waals surface area contributed by atoms with Crippen molar-refractivity contribution in [3.8, 4) is 11.5 Å². The van der Waals surface area contributed by atoms with Crippen LogP contribution in [0.5, 0.6) is 11.5 Å². The summed E-state index contributed by atoms with van der Waals surface area (Å²) >= 11 is 0. The van der Waals surface area contributed by atoms with E-state index in [1.54, 1.807) is 0 Å². The van der Waals surface area contributed by atoms with Crippen molar-refractivity contribution < 1.29 is 9.47 Å².